The quantitative estimate of drug-likeness (QED) is 0.692. The molecule has 2 fully saturated rings. The molecule has 5 atom stereocenters. The van der Waals surface area contributed by atoms with Crippen LogP contribution >= 0.6 is 0 Å². The lowest BCUT2D eigenvalue weighted by molar-refractivity contribution is -0.141. The minimum absolute atomic E-state index is 0.00517. The summed E-state index contributed by atoms with van der Waals surface area (Å²) in [6, 6.07) is 7.13. The molecule has 1 amide bonds. The number of amides is 1. The van der Waals surface area contributed by atoms with Crippen molar-refractivity contribution in [1.82, 2.24) is 5.32 Å². The number of hydrogen-bond acceptors (Lipinski definition) is 5. The lowest BCUT2D eigenvalue weighted by atomic mass is 9.69. The zero-order chi connectivity index (χ0) is 22.1. The summed E-state index contributed by atoms with van der Waals surface area (Å²) in [6.45, 7) is 7.50. The van der Waals surface area contributed by atoms with E-state index >= 15 is 0 Å². The summed E-state index contributed by atoms with van der Waals surface area (Å²) in [5.41, 5.74) is 1.47. The SMILES string of the molecule is CCOC(=O)CN(c1ccc(C)cc1)S(=O)(=O)C1CC(C)C2NC(=O)CC(C)C2C1. The van der Waals surface area contributed by atoms with E-state index in [1.165, 1.54) is 4.31 Å². The van der Waals surface area contributed by atoms with Gasteiger partial charge in [0.2, 0.25) is 15.9 Å². The van der Waals surface area contributed by atoms with E-state index in [1.807, 2.05) is 32.9 Å². The average Bonchev–Trinajstić information content (AvgIpc) is 2.67. The monoisotopic (exact) mass is 436 g/mol. The first-order valence-electron chi connectivity index (χ1n) is 10.7. The van der Waals surface area contributed by atoms with E-state index < -0.39 is 21.2 Å². The number of ether oxygens (including phenoxy) is 1. The Bertz CT molecular complexity index is 883. The second-order valence-corrected chi connectivity index (χ2v) is 10.8. The molecule has 5 unspecified atom stereocenters. The van der Waals surface area contributed by atoms with Gasteiger partial charge in [0.05, 0.1) is 17.5 Å². The van der Waals surface area contributed by atoms with Gasteiger partial charge in [-0.1, -0.05) is 31.5 Å². The fourth-order valence-corrected chi connectivity index (χ4v) is 6.91. The highest BCUT2D eigenvalue weighted by Gasteiger charge is 2.47. The van der Waals surface area contributed by atoms with E-state index in [1.54, 1.807) is 19.1 Å². The van der Waals surface area contributed by atoms with E-state index in [-0.39, 0.29) is 42.9 Å². The molecule has 166 valence electrons. The van der Waals surface area contributed by atoms with Crippen molar-refractivity contribution in [3.05, 3.63) is 29.8 Å². The van der Waals surface area contributed by atoms with Crippen molar-refractivity contribution in [2.45, 2.75) is 58.2 Å². The molecule has 1 aliphatic heterocycles. The Kier molecular flexibility index (Phi) is 6.75. The first-order valence-corrected chi connectivity index (χ1v) is 12.2. The zero-order valence-corrected chi connectivity index (χ0v) is 18.9. The number of nitrogens with zero attached hydrogens (tertiary/aromatic N) is 1. The standard InChI is InChI=1S/C22H32N2O5S/c1-5-29-21(26)13-24(17-8-6-14(2)7-9-17)30(27,28)18-10-16(4)22-19(12-18)15(3)11-20(25)23-22/h6-9,15-16,18-19,22H,5,10-13H2,1-4H3,(H,23,25). The molecule has 0 bridgehead atoms. The molecule has 1 saturated heterocycles. The summed E-state index contributed by atoms with van der Waals surface area (Å²) >= 11 is 0. The summed E-state index contributed by atoms with van der Waals surface area (Å²) in [6.07, 6.45) is 1.34. The number of carbonyl (C=O) groups excluding carboxylic acids is 2. The van der Waals surface area contributed by atoms with Gasteiger partial charge in [0.15, 0.2) is 0 Å². The van der Waals surface area contributed by atoms with Crippen LogP contribution < -0.4 is 9.62 Å². The summed E-state index contributed by atoms with van der Waals surface area (Å²) in [5, 5.41) is 2.46. The zero-order valence-electron chi connectivity index (χ0n) is 18.1. The highest BCUT2D eigenvalue weighted by molar-refractivity contribution is 7.93. The van der Waals surface area contributed by atoms with Crippen LogP contribution in [0.4, 0.5) is 5.69 Å². The fourth-order valence-electron chi connectivity index (χ4n) is 4.84. The molecule has 1 N–H and O–H groups in total. The lowest BCUT2D eigenvalue weighted by Crippen LogP contribution is -2.57. The van der Waals surface area contributed by atoms with Gasteiger partial charge in [0.25, 0.3) is 0 Å². The van der Waals surface area contributed by atoms with E-state index in [4.69, 9.17) is 4.74 Å². The second kappa shape index (κ2) is 8.96. The van der Waals surface area contributed by atoms with Crippen LogP contribution in [0.1, 0.15) is 45.6 Å². The molecular weight excluding hydrogens is 404 g/mol. The minimum Gasteiger partial charge on any atom is -0.465 e. The molecule has 8 heteroatoms. The third kappa shape index (κ3) is 4.63. The van der Waals surface area contributed by atoms with Crippen LogP contribution in [0, 0.1) is 24.7 Å². The smallest absolute Gasteiger partial charge is 0.326 e. The van der Waals surface area contributed by atoms with Gasteiger partial charge in [-0.05, 0) is 56.6 Å². The van der Waals surface area contributed by atoms with Gasteiger partial charge >= 0.3 is 5.97 Å². The summed E-state index contributed by atoms with van der Waals surface area (Å²) < 4.78 is 33.7. The van der Waals surface area contributed by atoms with Crippen LogP contribution in [-0.4, -0.2) is 44.7 Å². The number of benzene rings is 1. The Morgan fingerprint density at radius 1 is 1.17 bits per heavy atom. The molecule has 1 aromatic carbocycles. The van der Waals surface area contributed by atoms with E-state index in [0.29, 0.717) is 24.9 Å². The molecule has 0 aromatic heterocycles. The maximum absolute atomic E-state index is 13.7. The number of rotatable bonds is 6. The Morgan fingerprint density at radius 3 is 2.47 bits per heavy atom. The van der Waals surface area contributed by atoms with Gasteiger partial charge in [0.1, 0.15) is 6.54 Å². The number of sulfonamides is 1. The van der Waals surface area contributed by atoms with Gasteiger partial charge < -0.3 is 10.1 Å². The largest absolute Gasteiger partial charge is 0.465 e. The Hall–Kier alpha value is -2.09. The molecule has 3 rings (SSSR count). The van der Waals surface area contributed by atoms with Gasteiger partial charge in [0, 0.05) is 12.5 Å². The summed E-state index contributed by atoms with van der Waals surface area (Å²) in [5.74, 6) is -0.254. The minimum atomic E-state index is -3.80. The predicted octanol–water partition coefficient (Wildman–Crippen LogP) is 2.63. The molecule has 7 nitrogen and oxygen atoms in total. The van der Waals surface area contributed by atoms with E-state index in [9.17, 15) is 18.0 Å². The predicted molar refractivity (Wildman–Crippen MR) is 115 cm³/mol. The molecule has 30 heavy (non-hydrogen) atoms. The van der Waals surface area contributed by atoms with Crippen LogP contribution in [0.3, 0.4) is 0 Å². The highest BCUT2D eigenvalue weighted by Crippen LogP contribution is 2.41. The van der Waals surface area contributed by atoms with Gasteiger partial charge in [-0.2, -0.15) is 0 Å². The van der Waals surface area contributed by atoms with E-state index in [0.717, 1.165) is 5.56 Å². The highest BCUT2D eigenvalue weighted by atomic mass is 32.2. The lowest BCUT2D eigenvalue weighted by Gasteiger charge is -2.46. The van der Waals surface area contributed by atoms with Gasteiger partial charge in [-0.15, -0.1) is 0 Å². The molecule has 0 spiro atoms. The first-order chi connectivity index (χ1) is 14.1. The van der Waals surface area contributed by atoms with Crippen molar-refractivity contribution >= 4 is 27.6 Å². The van der Waals surface area contributed by atoms with Crippen LogP contribution in [0.5, 0.6) is 0 Å². The van der Waals surface area contributed by atoms with Crippen LogP contribution in [-0.2, 0) is 24.3 Å². The first kappa shape index (κ1) is 22.6. The Balaban J connectivity index is 1.91. The average molecular weight is 437 g/mol. The normalized spacial score (nSPS) is 28.9. The van der Waals surface area contributed by atoms with Crippen molar-refractivity contribution < 1.29 is 22.7 Å². The van der Waals surface area contributed by atoms with Crippen LogP contribution in [0.15, 0.2) is 24.3 Å². The molecular formula is C22H32N2O5S. The maximum atomic E-state index is 13.7. The second-order valence-electron chi connectivity index (χ2n) is 8.70. The third-order valence-electron chi connectivity index (χ3n) is 6.44. The molecule has 1 saturated carbocycles. The van der Waals surface area contributed by atoms with Crippen LogP contribution in [0.25, 0.3) is 0 Å². The van der Waals surface area contributed by atoms with Crippen molar-refractivity contribution in [3.8, 4) is 0 Å². The van der Waals surface area contributed by atoms with Crippen molar-refractivity contribution in [1.29, 1.82) is 0 Å². The molecule has 0 radical (unpaired) electrons. The number of carbonyl (C=O) groups is 2. The number of hydrogen-bond donors (Lipinski definition) is 1. The third-order valence-corrected chi connectivity index (χ3v) is 8.62. The number of esters is 1. The number of nitrogens with one attached hydrogen (secondary N) is 1. The molecule has 2 aliphatic rings. The number of anilines is 1. The van der Waals surface area contributed by atoms with Crippen molar-refractivity contribution in [2.24, 2.45) is 17.8 Å². The summed E-state index contributed by atoms with van der Waals surface area (Å²) in [4.78, 5) is 24.2. The fraction of sp³-hybridized carbons (Fsp3) is 0.636. The van der Waals surface area contributed by atoms with Gasteiger partial charge in [-0.25, -0.2) is 8.42 Å². The maximum Gasteiger partial charge on any atom is 0.326 e. The van der Waals surface area contributed by atoms with E-state index in [2.05, 4.69) is 5.32 Å². The number of aryl methyl sites for hydroxylation is 1. The molecule has 1 aliphatic carbocycles. The topological polar surface area (TPSA) is 92.8 Å². The molecule has 1 heterocycles. The van der Waals surface area contributed by atoms with Crippen LogP contribution in [0.2, 0.25) is 0 Å². The Labute approximate surface area is 179 Å². The van der Waals surface area contributed by atoms with Gasteiger partial charge in [-0.3, -0.25) is 13.9 Å². The summed E-state index contributed by atoms with van der Waals surface area (Å²) in [7, 11) is -3.80. The number of piperidine rings is 1. The Morgan fingerprint density at radius 2 is 1.83 bits per heavy atom. The van der Waals surface area contributed by atoms with Crippen molar-refractivity contribution in [2.75, 3.05) is 17.5 Å². The number of fused-ring (bicyclic) bond motifs is 1. The van der Waals surface area contributed by atoms with Crippen molar-refractivity contribution in [3.63, 3.8) is 0 Å². The molecule has 1 aromatic rings.